The second-order valence-electron chi connectivity index (χ2n) is 7.70. The number of likely N-dealkylation sites (tertiary alicyclic amines) is 1. The molecule has 5 rings (SSSR count). The van der Waals surface area contributed by atoms with Crippen molar-refractivity contribution in [2.24, 2.45) is 5.73 Å². The van der Waals surface area contributed by atoms with Gasteiger partial charge in [-0.1, -0.05) is 18.2 Å². The second kappa shape index (κ2) is 7.88. The van der Waals surface area contributed by atoms with Crippen molar-refractivity contribution in [1.82, 2.24) is 24.2 Å². The summed E-state index contributed by atoms with van der Waals surface area (Å²) >= 11 is 2.26. The van der Waals surface area contributed by atoms with Crippen molar-refractivity contribution in [2.75, 3.05) is 6.54 Å². The summed E-state index contributed by atoms with van der Waals surface area (Å²) in [4.78, 5) is 29.9. The number of carbonyl (C=O) groups excluding carboxylic acids is 1. The third kappa shape index (κ3) is 3.52. The summed E-state index contributed by atoms with van der Waals surface area (Å²) in [6.07, 6.45) is 4.83. The standard InChI is InChI=1S/C22H21IN6O2/c23-15-7-5-14(6-8-15)19-13-16(9-12-27(19)21(24)30)29-18-4-1-3-17(20(18)26-22(29)31)28-11-2-10-25-28/h1-8,10-11,16,19H,9,12-13H2,(H2,24,30)(H,26,31). The molecule has 3 heterocycles. The highest BCUT2D eigenvalue weighted by atomic mass is 127. The largest absolute Gasteiger partial charge is 0.351 e. The van der Waals surface area contributed by atoms with Crippen molar-refractivity contribution >= 4 is 39.7 Å². The lowest BCUT2D eigenvalue weighted by Crippen LogP contribution is -2.45. The normalized spacial score (nSPS) is 19.1. The average molecular weight is 528 g/mol. The van der Waals surface area contributed by atoms with Gasteiger partial charge in [0.15, 0.2) is 0 Å². The maximum atomic E-state index is 13.0. The number of hydrogen-bond donors (Lipinski definition) is 2. The number of urea groups is 1. The van der Waals surface area contributed by atoms with Crippen LogP contribution in [0.2, 0.25) is 0 Å². The number of hydrogen-bond acceptors (Lipinski definition) is 3. The van der Waals surface area contributed by atoms with Crippen molar-refractivity contribution in [3.05, 3.63) is 80.5 Å². The number of aromatic nitrogens is 4. The van der Waals surface area contributed by atoms with Gasteiger partial charge in [-0.25, -0.2) is 14.3 Å². The van der Waals surface area contributed by atoms with Crippen LogP contribution in [0.3, 0.4) is 0 Å². The van der Waals surface area contributed by atoms with Crippen molar-refractivity contribution in [3.63, 3.8) is 0 Å². The van der Waals surface area contributed by atoms with E-state index in [-0.39, 0.29) is 17.8 Å². The Kier molecular flexibility index (Phi) is 5.05. The molecule has 2 unspecified atom stereocenters. The summed E-state index contributed by atoms with van der Waals surface area (Å²) in [5.41, 5.74) is 8.95. The lowest BCUT2D eigenvalue weighted by molar-refractivity contribution is 0.136. The molecular weight excluding hydrogens is 507 g/mol. The van der Waals surface area contributed by atoms with Gasteiger partial charge in [0, 0.05) is 28.6 Å². The Bertz CT molecular complexity index is 1290. The fraction of sp³-hybridized carbons (Fsp3) is 0.227. The fourth-order valence-electron chi connectivity index (χ4n) is 4.54. The van der Waals surface area contributed by atoms with Gasteiger partial charge >= 0.3 is 11.7 Å². The van der Waals surface area contributed by atoms with Crippen molar-refractivity contribution in [2.45, 2.75) is 24.9 Å². The lowest BCUT2D eigenvalue weighted by Gasteiger charge is -2.39. The van der Waals surface area contributed by atoms with Crippen LogP contribution >= 0.6 is 22.6 Å². The van der Waals surface area contributed by atoms with Gasteiger partial charge in [-0.2, -0.15) is 5.10 Å². The van der Waals surface area contributed by atoms with Crippen LogP contribution in [0, 0.1) is 3.57 Å². The first kappa shape index (κ1) is 19.9. The van der Waals surface area contributed by atoms with Gasteiger partial charge in [-0.15, -0.1) is 0 Å². The Balaban J connectivity index is 1.57. The summed E-state index contributed by atoms with van der Waals surface area (Å²) in [7, 11) is 0. The zero-order valence-electron chi connectivity index (χ0n) is 16.6. The molecule has 0 saturated carbocycles. The predicted molar refractivity (Wildman–Crippen MR) is 126 cm³/mol. The van der Waals surface area contributed by atoms with Crippen molar-refractivity contribution in [1.29, 1.82) is 0 Å². The molecule has 1 fully saturated rings. The molecule has 9 heteroatoms. The number of imidazole rings is 1. The summed E-state index contributed by atoms with van der Waals surface area (Å²) in [5, 5.41) is 4.30. The molecule has 2 amide bonds. The highest BCUT2D eigenvalue weighted by molar-refractivity contribution is 14.1. The van der Waals surface area contributed by atoms with Gasteiger partial charge in [0.1, 0.15) is 0 Å². The van der Waals surface area contributed by atoms with E-state index in [9.17, 15) is 9.59 Å². The monoisotopic (exact) mass is 528 g/mol. The van der Waals surface area contributed by atoms with E-state index >= 15 is 0 Å². The van der Waals surface area contributed by atoms with E-state index in [1.54, 1.807) is 15.8 Å². The van der Waals surface area contributed by atoms with Crippen molar-refractivity contribution in [3.8, 4) is 5.69 Å². The summed E-state index contributed by atoms with van der Waals surface area (Å²) in [6, 6.07) is 15.1. The van der Waals surface area contributed by atoms with Crippen LogP contribution in [-0.4, -0.2) is 36.8 Å². The number of rotatable bonds is 3. The number of fused-ring (bicyclic) bond motifs is 1. The number of benzene rings is 2. The maximum absolute atomic E-state index is 13.0. The van der Waals surface area contributed by atoms with Crippen LogP contribution in [0.15, 0.2) is 65.7 Å². The summed E-state index contributed by atoms with van der Waals surface area (Å²) in [6.45, 7) is 0.495. The first-order valence-electron chi connectivity index (χ1n) is 10.1. The molecule has 0 radical (unpaired) electrons. The Morgan fingerprint density at radius 1 is 1.16 bits per heavy atom. The maximum Gasteiger partial charge on any atom is 0.326 e. The van der Waals surface area contributed by atoms with E-state index in [1.807, 2.05) is 59.3 Å². The van der Waals surface area contributed by atoms with Crippen molar-refractivity contribution < 1.29 is 4.79 Å². The molecule has 31 heavy (non-hydrogen) atoms. The minimum absolute atomic E-state index is 0.0611. The highest BCUT2D eigenvalue weighted by Gasteiger charge is 2.34. The molecular formula is C22H21IN6O2. The van der Waals surface area contributed by atoms with Gasteiger partial charge in [-0.05, 0) is 71.3 Å². The Labute approximate surface area is 191 Å². The average Bonchev–Trinajstić information content (AvgIpc) is 3.41. The number of nitrogens with zero attached hydrogens (tertiary/aromatic N) is 4. The number of primary amides is 1. The smallest absolute Gasteiger partial charge is 0.326 e. The molecule has 2 aromatic heterocycles. The quantitative estimate of drug-likeness (QED) is 0.398. The molecule has 1 aliphatic rings. The minimum Gasteiger partial charge on any atom is -0.351 e. The van der Waals surface area contributed by atoms with E-state index in [1.165, 1.54) is 0 Å². The third-order valence-electron chi connectivity index (χ3n) is 5.96. The summed E-state index contributed by atoms with van der Waals surface area (Å²) in [5.74, 6) is 0. The molecule has 0 bridgehead atoms. The molecule has 2 aromatic carbocycles. The zero-order chi connectivity index (χ0) is 21.5. The van der Waals surface area contributed by atoms with Gasteiger partial charge in [0.25, 0.3) is 0 Å². The number of nitrogens with one attached hydrogen (secondary N) is 1. The molecule has 1 aliphatic heterocycles. The molecule has 0 spiro atoms. The molecule has 4 aromatic rings. The van der Waals surface area contributed by atoms with Crippen LogP contribution in [0.5, 0.6) is 0 Å². The Hall–Kier alpha value is -3.08. The van der Waals surface area contributed by atoms with E-state index in [2.05, 4.69) is 32.7 Å². The number of piperidine rings is 1. The Morgan fingerprint density at radius 3 is 2.68 bits per heavy atom. The van der Waals surface area contributed by atoms with Crippen LogP contribution in [0.1, 0.15) is 30.5 Å². The number of carbonyl (C=O) groups is 1. The van der Waals surface area contributed by atoms with Crippen LogP contribution in [0.25, 0.3) is 16.7 Å². The van der Waals surface area contributed by atoms with Gasteiger partial charge in [0.05, 0.1) is 22.8 Å². The van der Waals surface area contributed by atoms with Crippen LogP contribution in [-0.2, 0) is 0 Å². The molecule has 3 N–H and O–H groups in total. The molecule has 2 atom stereocenters. The number of para-hydroxylation sites is 1. The minimum atomic E-state index is -0.436. The summed E-state index contributed by atoms with van der Waals surface area (Å²) < 4.78 is 4.69. The second-order valence-corrected chi connectivity index (χ2v) is 8.94. The first-order valence-corrected chi connectivity index (χ1v) is 11.2. The molecule has 158 valence electrons. The Morgan fingerprint density at radius 2 is 1.97 bits per heavy atom. The number of H-pyrrole nitrogens is 1. The predicted octanol–water partition coefficient (Wildman–Crippen LogP) is 3.58. The third-order valence-corrected chi connectivity index (χ3v) is 6.68. The number of amides is 2. The molecule has 8 nitrogen and oxygen atoms in total. The molecule has 0 aliphatic carbocycles. The van der Waals surface area contributed by atoms with Gasteiger partial charge in [0.2, 0.25) is 0 Å². The van der Waals surface area contributed by atoms with Crippen LogP contribution < -0.4 is 11.4 Å². The topological polar surface area (TPSA) is 102 Å². The fourth-order valence-corrected chi connectivity index (χ4v) is 4.90. The van der Waals surface area contributed by atoms with E-state index < -0.39 is 6.03 Å². The van der Waals surface area contributed by atoms with Crippen LogP contribution in [0.4, 0.5) is 4.79 Å². The lowest BCUT2D eigenvalue weighted by atomic mass is 9.91. The highest BCUT2D eigenvalue weighted by Crippen LogP contribution is 2.37. The number of aromatic amines is 1. The first-order chi connectivity index (χ1) is 15.0. The van der Waals surface area contributed by atoms with E-state index in [4.69, 9.17) is 5.73 Å². The molecule has 1 saturated heterocycles. The number of halogens is 1. The van der Waals surface area contributed by atoms with E-state index in [0.717, 1.165) is 25.9 Å². The van der Waals surface area contributed by atoms with E-state index in [0.29, 0.717) is 19.4 Å². The van der Waals surface area contributed by atoms with Gasteiger partial charge in [-0.3, -0.25) is 4.57 Å². The SMILES string of the molecule is NC(=O)N1CCC(n2c(=O)[nH]c3c(-n4cccn4)cccc32)CC1c1ccc(I)cc1. The van der Waals surface area contributed by atoms with Gasteiger partial charge < -0.3 is 15.6 Å². The number of nitrogens with two attached hydrogens (primary N) is 1. The zero-order valence-corrected chi connectivity index (χ0v) is 18.8.